The van der Waals surface area contributed by atoms with E-state index in [9.17, 15) is 4.79 Å². The fraction of sp³-hybridized carbons (Fsp3) is 0.600. The molecule has 2 heterocycles. The van der Waals surface area contributed by atoms with Crippen LogP contribution >= 0.6 is 0 Å². The van der Waals surface area contributed by atoms with E-state index in [-0.39, 0.29) is 23.4 Å². The Bertz CT molecular complexity index is 641. The highest BCUT2D eigenvalue weighted by molar-refractivity contribution is 5.85. The van der Waals surface area contributed by atoms with E-state index < -0.39 is 0 Å². The van der Waals surface area contributed by atoms with Gasteiger partial charge in [-0.15, -0.1) is 10.2 Å². The van der Waals surface area contributed by atoms with Crippen molar-refractivity contribution in [1.82, 2.24) is 29.6 Å². The van der Waals surface area contributed by atoms with Crippen LogP contribution in [-0.4, -0.2) is 30.2 Å². The average Bonchev–Trinajstić information content (AvgIpc) is 2.92. The molecule has 1 atom stereocenters. The van der Waals surface area contributed by atoms with E-state index in [1.165, 1.54) is 0 Å². The van der Waals surface area contributed by atoms with Crippen LogP contribution in [0.4, 0.5) is 0 Å². The predicted molar refractivity (Wildman–Crippen MR) is 80.9 cm³/mol. The molecule has 2 aromatic rings. The molecule has 22 heavy (non-hydrogen) atoms. The molecule has 1 aliphatic rings. The summed E-state index contributed by atoms with van der Waals surface area (Å²) in [6.07, 6.45) is 8.93. The number of carbonyl (C=O) groups is 1. The lowest BCUT2D eigenvalue weighted by Crippen LogP contribution is -2.37. The number of hydrogen-bond donors (Lipinski definition) is 1. The van der Waals surface area contributed by atoms with Gasteiger partial charge in [0.25, 0.3) is 0 Å². The monoisotopic (exact) mass is 302 g/mol. The molecule has 0 bridgehead atoms. The number of nitrogens with zero attached hydrogens (tertiary/aromatic N) is 5. The largest absolute Gasteiger partial charge is 0.346 e. The van der Waals surface area contributed by atoms with Crippen LogP contribution in [0.1, 0.15) is 51.5 Å². The number of aromatic nitrogens is 5. The molecule has 0 aliphatic heterocycles. The topological polar surface area (TPSA) is 77.6 Å². The van der Waals surface area contributed by atoms with Crippen molar-refractivity contribution >= 4 is 5.91 Å². The van der Waals surface area contributed by atoms with Crippen LogP contribution in [0, 0.1) is 5.41 Å². The summed E-state index contributed by atoms with van der Waals surface area (Å²) in [4.78, 5) is 16.7. The zero-order valence-corrected chi connectivity index (χ0v) is 13.2. The summed E-state index contributed by atoms with van der Waals surface area (Å²) in [7, 11) is 0. The second-order valence-corrected chi connectivity index (χ2v) is 6.40. The SMILES string of the molecule is CC(NC(=O)C1(Cn2ccnc2)CC1)c1nncn1C(C)C. The molecular formula is C15H22N6O. The molecule has 7 heteroatoms. The predicted octanol–water partition coefficient (Wildman–Crippen LogP) is 1.71. The Hall–Kier alpha value is -2.18. The molecule has 1 saturated carbocycles. The summed E-state index contributed by atoms with van der Waals surface area (Å²) < 4.78 is 3.95. The van der Waals surface area contributed by atoms with Gasteiger partial charge in [-0.2, -0.15) is 0 Å². The van der Waals surface area contributed by atoms with Crippen molar-refractivity contribution in [1.29, 1.82) is 0 Å². The first-order chi connectivity index (χ1) is 10.5. The van der Waals surface area contributed by atoms with Gasteiger partial charge in [0.1, 0.15) is 6.33 Å². The number of imidazole rings is 1. The Labute approximate surface area is 129 Å². The van der Waals surface area contributed by atoms with Gasteiger partial charge >= 0.3 is 0 Å². The van der Waals surface area contributed by atoms with Crippen molar-refractivity contribution in [2.45, 2.75) is 52.2 Å². The first-order valence-corrected chi connectivity index (χ1v) is 7.68. The minimum Gasteiger partial charge on any atom is -0.346 e. The van der Waals surface area contributed by atoms with Crippen molar-refractivity contribution in [3.05, 3.63) is 30.9 Å². The van der Waals surface area contributed by atoms with E-state index in [2.05, 4.69) is 34.3 Å². The molecule has 2 aromatic heterocycles. The molecule has 1 aliphatic carbocycles. The summed E-state index contributed by atoms with van der Waals surface area (Å²) >= 11 is 0. The Morgan fingerprint density at radius 1 is 1.36 bits per heavy atom. The van der Waals surface area contributed by atoms with Crippen LogP contribution in [0.25, 0.3) is 0 Å². The molecular weight excluding hydrogens is 280 g/mol. The number of hydrogen-bond acceptors (Lipinski definition) is 4. The van der Waals surface area contributed by atoms with Crippen LogP contribution in [-0.2, 0) is 11.3 Å². The van der Waals surface area contributed by atoms with E-state index in [4.69, 9.17) is 0 Å². The molecule has 7 nitrogen and oxygen atoms in total. The maximum atomic E-state index is 12.6. The Balaban J connectivity index is 1.67. The van der Waals surface area contributed by atoms with E-state index in [0.717, 1.165) is 18.7 Å². The normalized spacial score (nSPS) is 17.5. The highest BCUT2D eigenvalue weighted by Crippen LogP contribution is 2.47. The summed E-state index contributed by atoms with van der Waals surface area (Å²) in [5.41, 5.74) is -0.294. The van der Waals surface area contributed by atoms with E-state index in [1.807, 2.05) is 22.3 Å². The fourth-order valence-corrected chi connectivity index (χ4v) is 2.71. The van der Waals surface area contributed by atoms with Gasteiger partial charge in [0.15, 0.2) is 5.82 Å². The van der Waals surface area contributed by atoms with Gasteiger partial charge in [0.05, 0.1) is 17.8 Å². The van der Waals surface area contributed by atoms with Gasteiger partial charge in [0, 0.05) is 25.0 Å². The minimum absolute atomic E-state index is 0.0898. The quantitative estimate of drug-likeness (QED) is 0.881. The van der Waals surface area contributed by atoms with Crippen molar-refractivity contribution < 1.29 is 4.79 Å². The van der Waals surface area contributed by atoms with Crippen molar-refractivity contribution in [3.63, 3.8) is 0 Å². The standard InChI is InChI=1S/C15H22N6O/c1-11(2)21-10-17-19-13(21)12(3)18-14(22)15(4-5-15)8-20-7-6-16-9-20/h6-7,9-12H,4-5,8H2,1-3H3,(H,18,22). The zero-order valence-electron chi connectivity index (χ0n) is 13.2. The molecule has 1 N–H and O–H groups in total. The van der Waals surface area contributed by atoms with E-state index in [0.29, 0.717) is 6.54 Å². The lowest BCUT2D eigenvalue weighted by atomic mass is 10.1. The average molecular weight is 302 g/mol. The third kappa shape index (κ3) is 2.75. The maximum absolute atomic E-state index is 12.6. The lowest BCUT2D eigenvalue weighted by Gasteiger charge is -2.21. The van der Waals surface area contributed by atoms with Gasteiger partial charge in [-0.25, -0.2) is 4.98 Å². The second-order valence-electron chi connectivity index (χ2n) is 6.40. The van der Waals surface area contributed by atoms with E-state index >= 15 is 0 Å². The molecule has 1 amide bonds. The van der Waals surface area contributed by atoms with E-state index in [1.54, 1.807) is 18.9 Å². The first kappa shape index (κ1) is 14.7. The highest BCUT2D eigenvalue weighted by atomic mass is 16.2. The number of rotatable bonds is 6. The van der Waals surface area contributed by atoms with Crippen LogP contribution in [0.5, 0.6) is 0 Å². The Morgan fingerprint density at radius 3 is 2.73 bits per heavy atom. The lowest BCUT2D eigenvalue weighted by molar-refractivity contribution is -0.127. The van der Waals surface area contributed by atoms with Crippen LogP contribution in [0.15, 0.2) is 25.0 Å². The molecule has 0 radical (unpaired) electrons. The summed E-state index contributed by atoms with van der Waals surface area (Å²) in [6, 6.07) is 0.114. The van der Waals surface area contributed by atoms with Gasteiger partial charge in [-0.3, -0.25) is 4.79 Å². The van der Waals surface area contributed by atoms with Gasteiger partial charge in [0.2, 0.25) is 5.91 Å². The number of amides is 1. The molecule has 118 valence electrons. The van der Waals surface area contributed by atoms with Gasteiger partial charge < -0.3 is 14.5 Å². The van der Waals surface area contributed by atoms with Crippen LogP contribution in [0.3, 0.4) is 0 Å². The number of carbonyl (C=O) groups excluding carboxylic acids is 1. The van der Waals surface area contributed by atoms with Crippen molar-refractivity contribution in [2.75, 3.05) is 0 Å². The van der Waals surface area contributed by atoms with Gasteiger partial charge in [-0.05, 0) is 33.6 Å². The smallest absolute Gasteiger partial charge is 0.228 e. The molecule has 0 saturated heterocycles. The zero-order chi connectivity index (χ0) is 15.7. The van der Waals surface area contributed by atoms with Crippen LogP contribution in [0.2, 0.25) is 0 Å². The summed E-state index contributed by atoms with van der Waals surface area (Å²) in [5, 5.41) is 11.2. The van der Waals surface area contributed by atoms with Crippen molar-refractivity contribution in [3.8, 4) is 0 Å². The summed E-state index contributed by atoms with van der Waals surface area (Å²) in [6.45, 7) is 6.78. The highest BCUT2D eigenvalue weighted by Gasteiger charge is 2.50. The summed E-state index contributed by atoms with van der Waals surface area (Å²) in [5.74, 6) is 0.883. The second kappa shape index (κ2) is 5.55. The minimum atomic E-state index is -0.294. The van der Waals surface area contributed by atoms with Crippen LogP contribution < -0.4 is 5.32 Å². The third-order valence-electron chi connectivity index (χ3n) is 4.27. The molecule has 3 rings (SSSR count). The molecule has 0 spiro atoms. The number of nitrogens with one attached hydrogen (secondary N) is 1. The molecule has 1 fully saturated rings. The third-order valence-corrected chi connectivity index (χ3v) is 4.27. The van der Waals surface area contributed by atoms with Crippen molar-refractivity contribution in [2.24, 2.45) is 5.41 Å². The Kier molecular flexibility index (Phi) is 3.72. The Morgan fingerprint density at radius 2 is 2.14 bits per heavy atom. The molecule has 1 unspecified atom stereocenters. The van der Waals surface area contributed by atoms with Gasteiger partial charge in [-0.1, -0.05) is 0 Å². The first-order valence-electron chi connectivity index (χ1n) is 7.68. The maximum Gasteiger partial charge on any atom is 0.228 e. The molecule has 0 aromatic carbocycles. The fourth-order valence-electron chi connectivity index (χ4n) is 2.71.